The van der Waals surface area contributed by atoms with Crippen LogP contribution >= 0.6 is 11.6 Å². The highest BCUT2D eigenvalue weighted by atomic mass is 35.5. The normalized spacial score (nSPS) is 19.3. The Balaban J connectivity index is 1.99. The van der Waals surface area contributed by atoms with Crippen LogP contribution in [-0.4, -0.2) is 5.60 Å². The predicted octanol–water partition coefficient (Wildman–Crippen LogP) is 4.80. The van der Waals surface area contributed by atoms with Crippen LogP contribution in [0.25, 0.3) is 0 Å². The van der Waals surface area contributed by atoms with Gasteiger partial charge in [-0.15, -0.1) is 0 Å². The average molecular weight is 292 g/mol. The largest absolute Gasteiger partial charge is 0.485 e. The minimum Gasteiger partial charge on any atom is -0.485 e. The molecule has 0 bridgehead atoms. The molecule has 3 rings (SSSR count). The number of rotatable bonds is 2. The van der Waals surface area contributed by atoms with Gasteiger partial charge in [-0.2, -0.15) is 0 Å². The van der Waals surface area contributed by atoms with Crippen molar-refractivity contribution in [3.63, 3.8) is 0 Å². The van der Waals surface area contributed by atoms with Crippen molar-refractivity contribution in [2.24, 2.45) is 0 Å². The molecule has 2 aromatic carbocycles. The van der Waals surface area contributed by atoms with Gasteiger partial charge in [0.15, 0.2) is 0 Å². The van der Waals surface area contributed by atoms with E-state index < -0.39 is 5.60 Å². The Hall–Kier alpha value is -1.74. The van der Waals surface area contributed by atoms with Crippen LogP contribution in [0.4, 0.5) is 10.1 Å². The van der Waals surface area contributed by atoms with E-state index in [4.69, 9.17) is 16.3 Å². The number of hydrogen-bond acceptors (Lipinski definition) is 2. The van der Waals surface area contributed by atoms with Crippen molar-refractivity contribution >= 4 is 17.3 Å². The minimum absolute atomic E-state index is 0.133. The highest BCUT2D eigenvalue weighted by Gasteiger charge is 2.41. The first-order valence-corrected chi connectivity index (χ1v) is 6.85. The predicted molar refractivity (Wildman–Crippen MR) is 78.9 cm³/mol. The summed E-state index contributed by atoms with van der Waals surface area (Å²) in [5, 5.41) is 3.71. The summed E-state index contributed by atoms with van der Waals surface area (Å²) in [6.45, 7) is 3.96. The Morgan fingerprint density at radius 2 is 1.95 bits per heavy atom. The summed E-state index contributed by atoms with van der Waals surface area (Å²) >= 11 is 5.94. The Labute approximate surface area is 122 Å². The van der Waals surface area contributed by atoms with E-state index in [2.05, 4.69) is 5.32 Å². The molecule has 0 fully saturated rings. The van der Waals surface area contributed by atoms with Gasteiger partial charge in [0, 0.05) is 10.6 Å². The molecule has 0 saturated heterocycles. The lowest BCUT2D eigenvalue weighted by atomic mass is 9.94. The molecule has 104 valence electrons. The summed E-state index contributed by atoms with van der Waals surface area (Å²) in [7, 11) is 0. The first kappa shape index (κ1) is 13.3. The molecule has 1 heterocycles. The molecule has 1 atom stereocenters. The maximum atomic E-state index is 13.9. The van der Waals surface area contributed by atoms with Crippen LogP contribution in [0.3, 0.4) is 0 Å². The van der Waals surface area contributed by atoms with Gasteiger partial charge in [0.25, 0.3) is 0 Å². The van der Waals surface area contributed by atoms with Gasteiger partial charge in [0.05, 0.1) is 11.7 Å². The number of ether oxygens (including phenoxy) is 1. The molecule has 1 N–H and O–H groups in total. The fraction of sp³-hybridized carbons (Fsp3) is 0.250. The topological polar surface area (TPSA) is 21.3 Å². The molecule has 0 aliphatic carbocycles. The smallest absolute Gasteiger partial charge is 0.146 e. The van der Waals surface area contributed by atoms with E-state index in [9.17, 15) is 4.39 Å². The van der Waals surface area contributed by atoms with Crippen molar-refractivity contribution in [1.29, 1.82) is 0 Å². The van der Waals surface area contributed by atoms with E-state index in [-0.39, 0.29) is 11.9 Å². The molecule has 0 amide bonds. The molecule has 1 aliphatic rings. The standard InChI is InChI=1S/C16H15ClFNO/c1-16(2)15(11-5-3-4-6-14(11)20-16)19-13-9-10(17)7-8-12(13)18/h3-9,15,19H,1-2H3. The van der Waals surface area contributed by atoms with Gasteiger partial charge in [0.1, 0.15) is 17.2 Å². The molecule has 0 aromatic heterocycles. The van der Waals surface area contributed by atoms with Gasteiger partial charge in [-0.25, -0.2) is 4.39 Å². The second kappa shape index (κ2) is 4.67. The van der Waals surface area contributed by atoms with Crippen LogP contribution < -0.4 is 10.1 Å². The van der Waals surface area contributed by atoms with E-state index in [0.717, 1.165) is 11.3 Å². The first-order valence-electron chi connectivity index (χ1n) is 6.47. The lowest BCUT2D eigenvalue weighted by molar-refractivity contribution is 0.118. The van der Waals surface area contributed by atoms with Crippen molar-refractivity contribution in [3.05, 3.63) is 58.9 Å². The fourth-order valence-electron chi connectivity index (χ4n) is 2.54. The van der Waals surface area contributed by atoms with Gasteiger partial charge in [-0.05, 0) is 38.1 Å². The Bertz CT molecular complexity index is 657. The molecule has 1 aliphatic heterocycles. The first-order chi connectivity index (χ1) is 9.47. The number of halogens is 2. The molecule has 2 nitrogen and oxygen atoms in total. The molecule has 0 radical (unpaired) electrons. The van der Waals surface area contributed by atoms with Crippen molar-refractivity contribution < 1.29 is 9.13 Å². The monoisotopic (exact) mass is 291 g/mol. The quantitative estimate of drug-likeness (QED) is 0.858. The molecule has 0 saturated carbocycles. The third-order valence-electron chi connectivity index (χ3n) is 3.53. The number of fused-ring (bicyclic) bond motifs is 1. The Morgan fingerprint density at radius 1 is 1.20 bits per heavy atom. The third-order valence-corrected chi connectivity index (χ3v) is 3.76. The van der Waals surface area contributed by atoms with Crippen LogP contribution in [0, 0.1) is 5.82 Å². The number of benzene rings is 2. The Kier molecular flexibility index (Phi) is 3.09. The van der Waals surface area contributed by atoms with Gasteiger partial charge < -0.3 is 10.1 Å². The van der Waals surface area contributed by atoms with E-state index >= 15 is 0 Å². The van der Waals surface area contributed by atoms with Crippen LogP contribution in [0.15, 0.2) is 42.5 Å². The average Bonchev–Trinajstić information content (AvgIpc) is 2.65. The van der Waals surface area contributed by atoms with Crippen molar-refractivity contribution in [3.8, 4) is 5.75 Å². The number of nitrogens with one attached hydrogen (secondary N) is 1. The summed E-state index contributed by atoms with van der Waals surface area (Å²) in [4.78, 5) is 0. The van der Waals surface area contributed by atoms with Gasteiger partial charge in [0.2, 0.25) is 0 Å². The maximum Gasteiger partial charge on any atom is 0.146 e. The summed E-state index contributed by atoms with van der Waals surface area (Å²) in [5.41, 5.74) is 0.950. The zero-order valence-corrected chi connectivity index (χ0v) is 12.0. The molecule has 20 heavy (non-hydrogen) atoms. The lowest BCUT2D eigenvalue weighted by Gasteiger charge is -2.28. The third kappa shape index (κ3) is 2.22. The van der Waals surface area contributed by atoms with Crippen LogP contribution in [0.2, 0.25) is 5.02 Å². The zero-order chi connectivity index (χ0) is 14.3. The summed E-state index contributed by atoms with van der Waals surface area (Å²) in [6.07, 6.45) is 0. The van der Waals surface area contributed by atoms with E-state index in [1.807, 2.05) is 38.1 Å². The fourth-order valence-corrected chi connectivity index (χ4v) is 2.72. The summed E-state index contributed by atoms with van der Waals surface area (Å²) < 4.78 is 19.8. The number of para-hydroxylation sites is 1. The SMILES string of the molecule is CC1(C)Oc2ccccc2C1Nc1cc(Cl)ccc1F. The molecular formula is C16H15ClFNO. The highest BCUT2D eigenvalue weighted by Crippen LogP contribution is 2.44. The van der Waals surface area contributed by atoms with E-state index in [1.165, 1.54) is 12.1 Å². The van der Waals surface area contributed by atoms with Crippen LogP contribution in [0.5, 0.6) is 5.75 Å². The molecular weight excluding hydrogens is 277 g/mol. The highest BCUT2D eigenvalue weighted by molar-refractivity contribution is 6.30. The molecule has 1 unspecified atom stereocenters. The van der Waals surface area contributed by atoms with Crippen molar-refractivity contribution in [2.75, 3.05) is 5.32 Å². The van der Waals surface area contributed by atoms with Gasteiger partial charge in [-0.1, -0.05) is 29.8 Å². The van der Waals surface area contributed by atoms with Gasteiger partial charge in [-0.3, -0.25) is 0 Å². The lowest BCUT2D eigenvalue weighted by Crippen LogP contribution is -2.35. The van der Waals surface area contributed by atoms with Crippen molar-refractivity contribution in [2.45, 2.75) is 25.5 Å². The van der Waals surface area contributed by atoms with Crippen LogP contribution in [0.1, 0.15) is 25.5 Å². The maximum absolute atomic E-state index is 13.9. The number of anilines is 1. The zero-order valence-electron chi connectivity index (χ0n) is 11.3. The van der Waals surface area contributed by atoms with Crippen LogP contribution in [-0.2, 0) is 0 Å². The second-order valence-corrected chi connectivity index (χ2v) is 5.88. The van der Waals surface area contributed by atoms with Crippen molar-refractivity contribution in [1.82, 2.24) is 0 Å². The second-order valence-electron chi connectivity index (χ2n) is 5.44. The van der Waals surface area contributed by atoms with E-state index in [0.29, 0.717) is 10.7 Å². The summed E-state index contributed by atoms with van der Waals surface area (Å²) in [6, 6.07) is 12.1. The Morgan fingerprint density at radius 3 is 2.75 bits per heavy atom. The molecule has 2 aromatic rings. The minimum atomic E-state index is -0.460. The molecule has 0 spiro atoms. The molecule has 4 heteroatoms. The number of hydrogen-bond donors (Lipinski definition) is 1. The summed E-state index contributed by atoms with van der Waals surface area (Å²) in [5.74, 6) is 0.506. The van der Waals surface area contributed by atoms with E-state index in [1.54, 1.807) is 6.07 Å². The van der Waals surface area contributed by atoms with Gasteiger partial charge >= 0.3 is 0 Å².